The zero-order valence-corrected chi connectivity index (χ0v) is 14.7. The average molecular weight is 324 g/mol. The van der Waals surface area contributed by atoms with Gasteiger partial charge < -0.3 is 4.98 Å². The topological polar surface area (TPSA) is 45.8 Å². The summed E-state index contributed by atoms with van der Waals surface area (Å²) in [5, 5.41) is 0.795. The second-order valence-electron chi connectivity index (χ2n) is 6.03. The normalized spacial score (nSPS) is 11.1. The predicted octanol–water partition coefficient (Wildman–Crippen LogP) is 4.77. The second kappa shape index (κ2) is 6.20. The number of imidazole rings is 1. The summed E-state index contributed by atoms with van der Waals surface area (Å²) in [5.74, 6) is 0.534. The Balaban J connectivity index is 1.77. The zero-order valence-electron chi connectivity index (χ0n) is 13.9. The number of hydrogen-bond acceptors (Lipinski definition) is 3. The minimum Gasteiger partial charge on any atom is -0.333 e. The third-order valence-corrected chi connectivity index (χ3v) is 4.98. The number of carbonyl (C=O) groups is 1. The standard InChI is InChI=1S/C19H20N2OS/c1-11-5-6-12(2)15(7-11)18(22)10-23-19-20-16-8-13(3)14(4)9-17(16)21-19/h5-9H,10H2,1-4H3,(H,20,21). The van der Waals surface area contributed by atoms with Gasteiger partial charge in [0, 0.05) is 5.56 Å². The van der Waals surface area contributed by atoms with Crippen LogP contribution < -0.4 is 0 Å². The largest absolute Gasteiger partial charge is 0.333 e. The van der Waals surface area contributed by atoms with E-state index in [1.54, 1.807) is 0 Å². The summed E-state index contributed by atoms with van der Waals surface area (Å²) >= 11 is 1.46. The molecule has 0 spiro atoms. The molecule has 3 nitrogen and oxygen atoms in total. The van der Waals surface area contributed by atoms with Crippen LogP contribution in [-0.4, -0.2) is 21.5 Å². The monoisotopic (exact) mass is 324 g/mol. The fraction of sp³-hybridized carbons (Fsp3) is 0.263. The molecule has 0 saturated heterocycles. The van der Waals surface area contributed by atoms with Crippen molar-refractivity contribution in [2.75, 3.05) is 5.75 Å². The molecule has 0 aliphatic rings. The van der Waals surface area contributed by atoms with E-state index >= 15 is 0 Å². The van der Waals surface area contributed by atoms with Gasteiger partial charge >= 0.3 is 0 Å². The Hall–Kier alpha value is -2.07. The molecule has 0 fully saturated rings. The molecule has 23 heavy (non-hydrogen) atoms. The number of aromatic nitrogens is 2. The number of rotatable bonds is 4. The molecule has 0 atom stereocenters. The molecule has 0 bridgehead atoms. The maximum absolute atomic E-state index is 12.5. The van der Waals surface area contributed by atoms with Gasteiger partial charge in [0.05, 0.1) is 16.8 Å². The van der Waals surface area contributed by atoms with E-state index in [0.717, 1.165) is 32.9 Å². The molecule has 3 rings (SSSR count). The van der Waals surface area contributed by atoms with E-state index in [1.165, 1.54) is 22.9 Å². The highest BCUT2D eigenvalue weighted by Crippen LogP contribution is 2.23. The molecule has 3 aromatic rings. The van der Waals surface area contributed by atoms with E-state index in [9.17, 15) is 4.79 Å². The number of hydrogen-bond donors (Lipinski definition) is 1. The van der Waals surface area contributed by atoms with Gasteiger partial charge in [0.2, 0.25) is 0 Å². The van der Waals surface area contributed by atoms with Crippen molar-refractivity contribution in [2.45, 2.75) is 32.9 Å². The van der Waals surface area contributed by atoms with Gasteiger partial charge in [0.15, 0.2) is 10.9 Å². The number of ketones is 1. The number of fused-ring (bicyclic) bond motifs is 1. The Morgan fingerprint density at radius 2 is 1.78 bits per heavy atom. The van der Waals surface area contributed by atoms with Crippen LogP contribution in [0.25, 0.3) is 11.0 Å². The SMILES string of the molecule is Cc1ccc(C)c(C(=O)CSc2nc3cc(C)c(C)cc3[nH]2)c1. The second-order valence-corrected chi connectivity index (χ2v) is 6.99. The number of aryl methyl sites for hydroxylation is 4. The molecular formula is C19H20N2OS. The molecular weight excluding hydrogens is 304 g/mol. The van der Waals surface area contributed by atoms with Gasteiger partial charge in [0.1, 0.15) is 0 Å². The van der Waals surface area contributed by atoms with Crippen molar-refractivity contribution in [3.8, 4) is 0 Å². The fourth-order valence-electron chi connectivity index (χ4n) is 2.56. The van der Waals surface area contributed by atoms with Crippen LogP contribution in [0.5, 0.6) is 0 Å². The lowest BCUT2D eigenvalue weighted by Crippen LogP contribution is -2.05. The van der Waals surface area contributed by atoms with Crippen molar-refractivity contribution in [3.05, 3.63) is 58.1 Å². The molecule has 1 aromatic heterocycles. The van der Waals surface area contributed by atoms with E-state index in [2.05, 4.69) is 35.9 Å². The number of thioether (sulfide) groups is 1. The molecule has 0 unspecified atom stereocenters. The van der Waals surface area contributed by atoms with Gasteiger partial charge in [0.25, 0.3) is 0 Å². The van der Waals surface area contributed by atoms with Crippen LogP contribution in [0.3, 0.4) is 0 Å². The van der Waals surface area contributed by atoms with Gasteiger partial charge in [-0.25, -0.2) is 4.98 Å². The molecule has 0 aliphatic heterocycles. The lowest BCUT2D eigenvalue weighted by molar-refractivity contribution is 0.102. The summed E-state index contributed by atoms with van der Waals surface area (Å²) in [6.45, 7) is 8.16. The van der Waals surface area contributed by atoms with Crippen LogP contribution in [0.4, 0.5) is 0 Å². The van der Waals surface area contributed by atoms with E-state index in [-0.39, 0.29) is 5.78 Å². The highest BCUT2D eigenvalue weighted by Gasteiger charge is 2.12. The number of nitrogens with one attached hydrogen (secondary N) is 1. The number of carbonyl (C=O) groups excluding carboxylic acids is 1. The fourth-order valence-corrected chi connectivity index (χ4v) is 3.33. The summed E-state index contributed by atoms with van der Waals surface area (Å²) in [5.41, 5.74) is 7.39. The molecule has 1 N–H and O–H groups in total. The van der Waals surface area contributed by atoms with Crippen LogP contribution >= 0.6 is 11.8 Å². The van der Waals surface area contributed by atoms with E-state index in [4.69, 9.17) is 0 Å². The van der Waals surface area contributed by atoms with Gasteiger partial charge in [-0.1, -0.05) is 29.5 Å². The molecule has 118 valence electrons. The Bertz CT molecular complexity index is 857. The molecule has 0 radical (unpaired) electrons. The zero-order chi connectivity index (χ0) is 16.6. The van der Waals surface area contributed by atoms with E-state index in [0.29, 0.717) is 5.75 Å². The average Bonchev–Trinajstić information content (AvgIpc) is 2.89. The highest BCUT2D eigenvalue weighted by atomic mass is 32.2. The number of H-pyrrole nitrogens is 1. The van der Waals surface area contributed by atoms with Crippen LogP contribution in [0, 0.1) is 27.7 Å². The maximum atomic E-state index is 12.5. The number of nitrogens with zero attached hydrogens (tertiary/aromatic N) is 1. The van der Waals surface area contributed by atoms with E-state index < -0.39 is 0 Å². The lowest BCUT2D eigenvalue weighted by atomic mass is 10.0. The Kier molecular flexibility index (Phi) is 4.26. The first-order valence-electron chi connectivity index (χ1n) is 7.64. The predicted molar refractivity (Wildman–Crippen MR) is 96.5 cm³/mol. The van der Waals surface area contributed by atoms with Crippen molar-refractivity contribution in [1.29, 1.82) is 0 Å². The van der Waals surface area contributed by atoms with Gasteiger partial charge in [-0.05, 0) is 62.6 Å². The van der Waals surface area contributed by atoms with Crippen LogP contribution in [0.15, 0.2) is 35.5 Å². The van der Waals surface area contributed by atoms with Crippen LogP contribution in [-0.2, 0) is 0 Å². The maximum Gasteiger partial charge on any atom is 0.173 e. The van der Waals surface area contributed by atoms with E-state index in [1.807, 2.05) is 32.0 Å². The van der Waals surface area contributed by atoms with Crippen molar-refractivity contribution in [2.24, 2.45) is 0 Å². The van der Waals surface area contributed by atoms with Gasteiger partial charge in [-0.2, -0.15) is 0 Å². The van der Waals surface area contributed by atoms with Crippen molar-refractivity contribution in [3.63, 3.8) is 0 Å². The summed E-state index contributed by atoms with van der Waals surface area (Å²) in [6, 6.07) is 10.2. The van der Waals surface area contributed by atoms with Gasteiger partial charge in [-0.3, -0.25) is 4.79 Å². The Morgan fingerprint density at radius 1 is 1.04 bits per heavy atom. The summed E-state index contributed by atoms with van der Waals surface area (Å²) in [4.78, 5) is 20.3. The van der Waals surface area contributed by atoms with Crippen LogP contribution in [0.1, 0.15) is 32.6 Å². The number of aromatic amines is 1. The Morgan fingerprint density at radius 3 is 2.57 bits per heavy atom. The molecule has 1 heterocycles. The highest BCUT2D eigenvalue weighted by molar-refractivity contribution is 7.99. The minimum atomic E-state index is 0.143. The third kappa shape index (κ3) is 3.32. The first kappa shape index (κ1) is 15.8. The van der Waals surface area contributed by atoms with Crippen molar-refractivity contribution >= 4 is 28.6 Å². The molecule has 0 amide bonds. The molecule has 0 saturated carbocycles. The van der Waals surface area contributed by atoms with Crippen molar-refractivity contribution in [1.82, 2.24) is 9.97 Å². The van der Waals surface area contributed by atoms with Gasteiger partial charge in [-0.15, -0.1) is 0 Å². The third-order valence-electron chi connectivity index (χ3n) is 4.11. The minimum absolute atomic E-state index is 0.143. The van der Waals surface area contributed by atoms with Crippen LogP contribution in [0.2, 0.25) is 0 Å². The first-order chi connectivity index (χ1) is 10.9. The Labute approximate surface area is 140 Å². The summed E-state index contributed by atoms with van der Waals surface area (Å²) < 4.78 is 0. The number of Topliss-reactive ketones (excluding diaryl/α,β-unsaturated/α-hetero) is 1. The molecule has 2 aromatic carbocycles. The molecule has 4 heteroatoms. The first-order valence-corrected chi connectivity index (χ1v) is 8.63. The number of benzene rings is 2. The smallest absolute Gasteiger partial charge is 0.173 e. The summed E-state index contributed by atoms with van der Waals surface area (Å²) in [7, 11) is 0. The quantitative estimate of drug-likeness (QED) is 0.555. The molecule has 0 aliphatic carbocycles. The lowest BCUT2D eigenvalue weighted by Gasteiger charge is -2.05. The summed E-state index contributed by atoms with van der Waals surface area (Å²) in [6.07, 6.45) is 0. The van der Waals surface area contributed by atoms with Crippen molar-refractivity contribution < 1.29 is 4.79 Å².